The van der Waals surface area contributed by atoms with Crippen LogP contribution in [0, 0.1) is 5.92 Å². The van der Waals surface area contributed by atoms with Gasteiger partial charge in [0.05, 0.1) is 6.61 Å². The zero-order valence-corrected chi connectivity index (χ0v) is 8.96. The fraction of sp³-hybridized carbons (Fsp3) is 0.500. The Balaban J connectivity index is 1.83. The Morgan fingerprint density at radius 2 is 1.93 bits per heavy atom. The van der Waals surface area contributed by atoms with Crippen molar-refractivity contribution >= 4 is 11.6 Å². The van der Waals surface area contributed by atoms with Gasteiger partial charge in [-0.05, 0) is 36.5 Å². The minimum Gasteiger partial charge on any atom is -0.493 e. The quantitative estimate of drug-likeness (QED) is 0.690. The van der Waals surface area contributed by atoms with Gasteiger partial charge in [-0.1, -0.05) is 18.6 Å². The molecule has 0 heterocycles. The van der Waals surface area contributed by atoms with Crippen molar-refractivity contribution in [3.05, 3.63) is 29.8 Å². The summed E-state index contributed by atoms with van der Waals surface area (Å²) in [5.74, 6) is 2.33. The van der Waals surface area contributed by atoms with Gasteiger partial charge in [-0.2, -0.15) is 0 Å². The second-order valence-electron chi connectivity index (χ2n) is 3.89. The van der Waals surface area contributed by atoms with E-state index in [0.717, 1.165) is 23.8 Å². The van der Waals surface area contributed by atoms with E-state index >= 15 is 0 Å². The minimum absolute atomic E-state index is 0.572. The maximum absolute atomic E-state index is 5.70. The van der Waals surface area contributed by atoms with E-state index < -0.39 is 0 Å². The molecule has 0 atom stereocenters. The molecule has 1 saturated carbocycles. The van der Waals surface area contributed by atoms with Crippen LogP contribution in [0.25, 0.3) is 0 Å². The summed E-state index contributed by atoms with van der Waals surface area (Å²) in [5, 5.41) is 0. The van der Waals surface area contributed by atoms with Gasteiger partial charge in [0, 0.05) is 5.88 Å². The Morgan fingerprint density at radius 1 is 1.21 bits per heavy atom. The van der Waals surface area contributed by atoms with Crippen molar-refractivity contribution in [3.8, 4) is 5.75 Å². The first-order valence-electron chi connectivity index (χ1n) is 5.16. The summed E-state index contributed by atoms with van der Waals surface area (Å²) in [5.41, 5.74) is 1.14. The van der Waals surface area contributed by atoms with Crippen molar-refractivity contribution in [2.24, 2.45) is 5.92 Å². The highest BCUT2D eigenvalue weighted by molar-refractivity contribution is 6.17. The topological polar surface area (TPSA) is 9.23 Å². The molecular formula is C12H15ClO. The predicted octanol–water partition coefficient (Wildman–Crippen LogP) is 3.60. The van der Waals surface area contributed by atoms with Crippen molar-refractivity contribution in [1.29, 1.82) is 0 Å². The van der Waals surface area contributed by atoms with E-state index in [1.807, 2.05) is 24.3 Å². The largest absolute Gasteiger partial charge is 0.493 e. The lowest BCUT2D eigenvalue weighted by atomic mass is 9.86. The van der Waals surface area contributed by atoms with Gasteiger partial charge in [-0.15, -0.1) is 11.6 Å². The lowest BCUT2D eigenvalue weighted by molar-refractivity contribution is 0.180. The first-order chi connectivity index (χ1) is 6.88. The second kappa shape index (κ2) is 4.70. The van der Waals surface area contributed by atoms with Crippen LogP contribution in [0.1, 0.15) is 24.8 Å². The predicted molar refractivity (Wildman–Crippen MR) is 58.8 cm³/mol. The van der Waals surface area contributed by atoms with Crippen molar-refractivity contribution < 1.29 is 4.74 Å². The van der Waals surface area contributed by atoms with Gasteiger partial charge < -0.3 is 4.74 Å². The smallest absolute Gasteiger partial charge is 0.119 e. The summed E-state index contributed by atoms with van der Waals surface area (Å²) in [6, 6.07) is 8.03. The van der Waals surface area contributed by atoms with Crippen LogP contribution in [0.3, 0.4) is 0 Å². The highest BCUT2D eigenvalue weighted by atomic mass is 35.5. The lowest BCUT2D eigenvalue weighted by Gasteiger charge is -2.25. The maximum atomic E-state index is 5.70. The van der Waals surface area contributed by atoms with Gasteiger partial charge in [-0.3, -0.25) is 0 Å². The third-order valence-corrected chi connectivity index (χ3v) is 3.10. The van der Waals surface area contributed by atoms with Crippen LogP contribution < -0.4 is 4.74 Å². The fourth-order valence-electron chi connectivity index (χ4n) is 1.55. The van der Waals surface area contributed by atoms with Gasteiger partial charge in [0.15, 0.2) is 0 Å². The van der Waals surface area contributed by atoms with E-state index in [4.69, 9.17) is 16.3 Å². The highest BCUT2D eigenvalue weighted by Gasteiger charge is 2.17. The molecule has 1 aliphatic carbocycles. The van der Waals surface area contributed by atoms with Crippen LogP contribution in [-0.4, -0.2) is 6.61 Å². The number of halogens is 1. The number of rotatable bonds is 4. The van der Waals surface area contributed by atoms with Gasteiger partial charge >= 0.3 is 0 Å². The first kappa shape index (κ1) is 9.85. The number of ether oxygens (including phenoxy) is 1. The molecule has 0 aromatic heterocycles. The molecule has 1 nitrogen and oxygen atoms in total. The van der Waals surface area contributed by atoms with E-state index in [9.17, 15) is 0 Å². The fourth-order valence-corrected chi connectivity index (χ4v) is 1.73. The van der Waals surface area contributed by atoms with Crippen LogP contribution in [0.2, 0.25) is 0 Å². The molecule has 0 saturated heterocycles. The molecule has 2 heteroatoms. The highest BCUT2D eigenvalue weighted by Crippen LogP contribution is 2.27. The SMILES string of the molecule is ClCc1ccc(OCC2CCC2)cc1. The van der Waals surface area contributed by atoms with Crippen LogP contribution >= 0.6 is 11.6 Å². The van der Waals surface area contributed by atoms with Crippen LogP contribution in [-0.2, 0) is 5.88 Å². The van der Waals surface area contributed by atoms with Crippen LogP contribution in [0.15, 0.2) is 24.3 Å². The molecule has 14 heavy (non-hydrogen) atoms. The average molecular weight is 211 g/mol. The molecule has 0 bridgehead atoms. The number of hydrogen-bond acceptors (Lipinski definition) is 1. The van der Waals surface area contributed by atoms with Crippen LogP contribution in [0.4, 0.5) is 0 Å². The van der Waals surface area contributed by atoms with Crippen molar-refractivity contribution in [2.45, 2.75) is 25.1 Å². The Labute approximate surface area is 90.0 Å². The minimum atomic E-state index is 0.572. The number of benzene rings is 1. The molecule has 2 rings (SSSR count). The third-order valence-electron chi connectivity index (χ3n) is 2.79. The molecular weight excluding hydrogens is 196 g/mol. The monoisotopic (exact) mass is 210 g/mol. The summed E-state index contributed by atoms with van der Waals surface area (Å²) in [4.78, 5) is 0. The zero-order chi connectivity index (χ0) is 9.80. The summed E-state index contributed by atoms with van der Waals surface area (Å²) in [6.07, 6.45) is 4.04. The molecule has 1 aliphatic rings. The normalized spacial score (nSPS) is 16.4. The molecule has 0 spiro atoms. The van der Waals surface area contributed by atoms with E-state index in [2.05, 4.69) is 0 Å². The molecule has 0 aliphatic heterocycles. The molecule has 1 fully saturated rings. The molecule has 1 aromatic carbocycles. The van der Waals surface area contributed by atoms with Crippen molar-refractivity contribution in [2.75, 3.05) is 6.61 Å². The molecule has 0 radical (unpaired) electrons. The van der Waals surface area contributed by atoms with E-state index in [1.54, 1.807) is 0 Å². The molecule has 0 amide bonds. The summed E-state index contributed by atoms with van der Waals surface area (Å²) >= 11 is 5.70. The van der Waals surface area contributed by atoms with Crippen molar-refractivity contribution in [1.82, 2.24) is 0 Å². The van der Waals surface area contributed by atoms with E-state index in [0.29, 0.717) is 5.88 Å². The maximum Gasteiger partial charge on any atom is 0.119 e. The number of hydrogen-bond donors (Lipinski definition) is 0. The van der Waals surface area contributed by atoms with Gasteiger partial charge in [0.1, 0.15) is 5.75 Å². The van der Waals surface area contributed by atoms with Gasteiger partial charge in [-0.25, -0.2) is 0 Å². The van der Waals surface area contributed by atoms with E-state index in [-0.39, 0.29) is 0 Å². The Morgan fingerprint density at radius 3 is 2.43 bits per heavy atom. The number of alkyl halides is 1. The van der Waals surface area contributed by atoms with Gasteiger partial charge in [0.2, 0.25) is 0 Å². The van der Waals surface area contributed by atoms with Crippen molar-refractivity contribution in [3.63, 3.8) is 0 Å². The Bertz CT molecular complexity index is 277. The standard InChI is InChI=1S/C12H15ClO/c13-8-10-4-6-12(7-5-10)14-9-11-2-1-3-11/h4-7,11H,1-3,8-9H2. The summed E-state index contributed by atoms with van der Waals surface area (Å²) in [6.45, 7) is 0.875. The van der Waals surface area contributed by atoms with Crippen LogP contribution in [0.5, 0.6) is 5.75 Å². The Kier molecular flexibility index (Phi) is 3.30. The zero-order valence-electron chi connectivity index (χ0n) is 8.21. The lowest BCUT2D eigenvalue weighted by Crippen LogP contribution is -2.19. The summed E-state index contributed by atoms with van der Waals surface area (Å²) in [7, 11) is 0. The first-order valence-corrected chi connectivity index (χ1v) is 5.69. The second-order valence-corrected chi connectivity index (χ2v) is 4.15. The molecule has 0 N–H and O–H groups in total. The van der Waals surface area contributed by atoms with Gasteiger partial charge in [0.25, 0.3) is 0 Å². The average Bonchev–Trinajstić information content (AvgIpc) is 2.16. The molecule has 76 valence electrons. The molecule has 0 unspecified atom stereocenters. The van der Waals surface area contributed by atoms with E-state index in [1.165, 1.54) is 19.3 Å². The Hall–Kier alpha value is -0.690. The third kappa shape index (κ3) is 2.42. The molecule has 1 aromatic rings. The summed E-state index contributed by atoms with van der Waals surface area (Å²) < 4.78 is 5.67.